The zero-order valence-corrected chi connectivity index (χ0v) is 20.2. The molecule has 0 spiro atoms. The Labute approximate surface area is 206 Å². The first-order chi connectivity index (χ1) is 17.2. The highest BCUT2D eigenvalue weighted by molar-refractivity contribution is 7.99. The summed E-state index contributed by atoms with van der Waals surface area (Å²) in [5.74, 6) is 4.98. The van der Waals surface area contributed by atoms with Crippen molar-refractivity contribution in [1.82, 2.24) is 25.0 Å². The summed E-state index contributed by atoms with van der Waals surface area (Å²) >= 11 is 1.35. The van der Waals surface area contributed by atoms with Crippen LogP contribution in [0, 0.1) is 12.3 Å². The molecule has 11 heteroatoms. The number of benzene rings is 2. The number of fused-ring (bicyclic) bond motifs is 1. The molecule has 0 amide bonds. The molecule has 0 bridgehead atoms. The maximum Gasteiger partial charge on any atom is 0.203 e. The molecule has 0 saturated carbocycles. The Kier molecular flexibility index (Phi) is 7.64. The Balaban J connectivity index is 1.65. The van der Waals surface area contributed by atoms with Crippen LogP contribution >= 0.6 is 11.8 Å². The quantitative estimate of drug-likeness (QED) is 0.118. The Bertz CT molecular complexity index is 1360. The lowest BCUT2D eigenvalue weighted by molar-refractivity contribution is 0.324. The van der Waals surface area contributed by atoms with Crippen molar-refractivity contribution in [3.63, 3.8) is 0 Å². The molecular weight excluding hydrogens is 466 g/mol. The highest BCUT2D eigenvalue weighted by atomic mass is 32.2. The van der Waals surface area contributed by atoms with Gasteiger partial charge in [-0.1, -0.05) is 53.2 Å². The van der Waals surface area contributed by atoms with Gasteiger partial charge in [-0.25, -0.2) is 14.6 Å². The van der Waals surface area contributed by atoms with Crippen LogP contribution < -0.4 is 19.6 Å². The van der Waals surface area contributed by atoms with Gasteiger partial charge in [0.05, 0.1) is 39.8 Å². The summed E-state index contributed by atoms with van der Waals surface area (Å²) in [6.45, 7) is 0.516. The second-order valence-corrected chi connectivity index (χ2v) is 8.02. The third-order valence-electron chi connectivity index (χ3n) is 4.87. The number of hydrazone groups is 1. The fourth-order valence-corrected chi connectivity index (χ4v) is 3.81. The first-order valence-corrected chi connectivity index (χ1v) is 11.5. The summed E-state index contributed by atoms with van der Waals surface area (Å²) < 4.78 is 17.9. The molecule has 0 saturated heterocycles. The Hall–Kier alpha value is -4.30. The largest absolute Gasteiger partial charge is 0.493 e. The number of ether oxygens (including phenoxy) is 3. The van der Waals surface area contributed by atoms with Crippen molar-refractivity contribution in [3.8, 4) is 29.6 Å². The minimum absolute atomic E-state index is 0.414. The number of hydrogen-bond donors (Lipinski definition) is 1. The van der Waals surface area contributed by atoms with Gasteiger partial charge in [0.25, 0.3) is 0 Å². The summed E-state index contributed by atoms with van der Waals surface area (Å²) in [4.78, 5) is 9.15. The van der Waals surface area contributed by atoms with Gasteiger partial charge in [-0.15, -0.1) is 11.5 Å². The Morgan fingerprint density at radius 1 is 1.09 bits per heavy atom. The lowest BCUT2D eigenvalue weighted by Gasteiger charge is -2.12. The number of nitrogens with one attached hydrogen (secondary N) is 1. The molecule has 4 rings (SSSR count). The minimum Gasteiger partial charge on any atom is -0.493 e. The lowest BCUT2D eigenvalue weighted by atomic mass is 10.2. The SMILES string of the molecule is C#CCSc1nc(N/N=C/c2cc(OC)c(OC)c(OC)c2)c2nnn(Cc3ccccc3)c2n1. The molecule has 0 aliphatic heterocycles. The molecule has 0 aliphatic carbocycles. The molecule has 0 unspecified atom stereocenters. The second-order valence-electron chi connectivity index (χ2n) is 7.08. The van der Waals surface area contributed by atoms with Crippen LogP contribution in [0.1, 0.15) is 11.1 Å². The fraction of sp³-hybridized carbons (Fsp3) is 0.208. The van der Waals surface area contributed by atoms with Crippen LogP contribution in [0.3, 0.4) is 0 Å². The van der Waals surface area contributed by atoms with Crippen LogP contribution in [-0.2, 0) is 6.54 Å². The van der Waals surface area contributed by atoms with E-state index in [1.165, 1.54) is 11.8 Å². The molecule has 178 valence electrons. The predicted octanol–water partition coefficient (Wildman–Crippen LogP) is 3.47. The number of hydrogen-bond acceptors (Lipinski definition) is 10. The molecule has 0 atom stereocenters. The molecule has 0 radical (unpaired) electrons. The third-order valence-corrected chi connectivity index (χ3v) is 5.62. The second kappa shape index (κ2) is 11.2. The Morgan fingerprint density at radius 2 is 1.83 bits per heavy atom. The standard InChI is InChI=1S/C24H23N7O3S/c1-5-11-35-24-26-22(20-23(27-24)31(30-28-20)15-16-9-7-6-8-10-16)29-25-14-17-12-18(32-2)21(34-4)19(13-17)33-3/h1,6-10,12-14H,11,15H2,2-4H3,(H,26,27,29)/b25-14+. The minimum atomic E-state index is 0.414. The molecule has 4 aromatic rings. The van der Waals surface area contributed by atoms with Gasteiger partial charge < -0.3 is 14.2 Å². The topological polar surface area (TPSA) is 109 Å². The predicted molar refractivity (Wildman–Crippen MR) is 136 cm³/mol. The van der Waals surface area contributed by atoms with Gasteiger partial charge in [0.1, 0.15) is 0 Å². The van der Waals surface area contributed by atoms with Gasteiger partial charge in [0.2, 0.25) is 5.75 Å². The number of aromatic nitrogens is 5. The zero-order valence-electron chi connectivity index (χ0n) is 19.4. The van der Waals surface area contributed by atoms with Gasteiger partial charge >= 0.3 is 0 Å². The van der Waals surface area contributed by atoms with Gasteiger partial charge in [-0.2, -0.15) is 5.10 Å². The summed E-state index contributed by atoms with van der Waals surface area (Å²) in [6.07, 6.45) is 7.04. The molecule has 0 fully saturated rings. The van der Waals surface area contributed by atoms with E-state index in [-0.39, 0.29) is 0 Å². The number of anilines is 1. The van der Waals surface area contributed by atoms with Crippen molar-refractivity contribution < 1.29 is 14.2 Å². The number of rotatable bonds is 10. The van der Waals surface area contributed by atoms with Crippen LogP contribution in [0.15, 0.2) is 52.7 Å². The summed E-state index contributed by atoms with van der Waals surface area (Å²) in [7, 11) is 4.67. The molecular formula is C24H23N7O3S. The van der Waals surface area contributed by atoms with Crippen molar-refractivity contribution >= 4 is 35.0 Å². The highest BCUT2D eigenvalue weighted by Crippen LogP contribution is 2.37. The van der Waals surface area contributed by atoms with Crippen LogP contribution in [0.25, 0.3) is 11.2 Å². The normalized spacial score (nSPS) is 10.9. The maximum atomic E-state index is 5.43. The average molecular weight is 490 g/mol. The summed E-state index contributed by atoms with van der Waals surface area (Å²) in [6, 6.07) is 13.5. The molecule has 1 N–H and O–H groups in total. The van der Waals surface area contributed by atoms with Crippen LogP contribution in [-0.4, -0.2) is 58.3 Å². The van der Waals surface area contributed by atoms with E-state index >= 15 is 0 Å². The van der Waals surface area contributed by atoms with E-state index in [9.17, 15) is 0 Å². The number of terminal acetylenes is 1. The van der Waals surface area contributed by atoms with Crippen LogP contribution in [0.4, 0.5) is 5.82 Å². The van der Waals surface area contributed by atoms with E-state index in [0.717, 1.165) is 11.1 Å². The van der Waals surface area contributed by atoms with Gasteiger partial charge in [0.15, 0.2) is 33.6 Å². The molecule has 2 heterocycles. The van der Waals surface area contributed by atoms with Crippen LogP contribution in [0.5, 0.6) is 17.2 Å². The van der Waals surface area contributed by atoms with Crippen LogP contribution in [0.2, 0.25) is 0 Å². The first kappa shape index (κ1) is 23.8. The molecule has 35 heavy (non-hydrogen) atoms. The molecule has 0 aliphatic rings. The van der Waals surface area contributed by atoms with Gasteiger partial charge in [0, 0.05) is 5.56 Å². The summed E-state index contributed by atoms with van der Waals surface area (Å²) in [5.41, 5.74) is 5.83. The van der Waals surface area contributed by atoms with Gasteiger partial charge in [-0.05, 0) is 17.7 Å². The maximum absolute atomic E-state index is 5.43. The average Bonchev–Trinajstić information content (AvgIpc) is 3.29. The number of thioether (sulfide) groups is 1. The van der Waals surface area contributed by atoms with Crippen molar-refractivity contribution in [1.29, 1.82) is 0 Å². The van der Waals surface area contributed by atoms with E-state index in [1.807, 2.05) is 30.3 Å². The summed E-state index contributed by atoms with van der Waals surface area (Å²) in [5, 5.41) is 13.4. The van der Waals surface area contributed by atoms with E-state index in [0.29, 0.717) is 51.7 Å². The Morgan fingerprint density at radius 3 is 2.49 bits per heavy atom. The third kappa shape index (κ3) is 5.44. The monoisotopic (exact) mass is 489 g/mol. The first-order valence-electron chi connectivity index (χ1n) is 10.5. The zero-order chi connectivity index (χ0) is 24.6. The van der Waals surface area contributed by atoms with E-state index in [2.05, 4.69) is 36.7 Å². The van der Waals surface area contributed by atoms with E-state index < -0.39 is 0 Å². The van der Waals surface area contributed by atoms with E-state index in [4.69, 9.17) is 20.6 Å². The number of nitrogens with zero attached hydrogens (tertiary/aromatic N) is 6. The molecule has 2 aromatic heterocycles. The fourth-order valence-electron chi connectivity index (χ4n) is 3.29. The van der Waals surface area contributed by atoms with Crippen molar-refractivity contribution in [2.45, 2.75) is 11.7 Å². The van der Waals surface area contributed by atoms with E-state index in [1.54, 1.807) is 44.4 Å². The molecule has 10 nitrogen and oxygen atoms in total. The smallest absolute Gasteiger partial charge is 0.203 e. The van der Waals surface area contributed by atoms with Crippen molar-refractivity contribution in [2.75, 3.05) is 32.5 Å². The van der Waals surface area contributed by atoms with Crippen molar-refractivity contribution in [3.05, 3.63) is 53.6 Å². The van der Waals surface area contributed by atoms with Gasteiger partial charge in [-0.3, -0.25) is 5.43 Å². The lowest BCUT2D eigenvalue weighted by Crippen LogP contribution is -2.04. The van der Waals surface area contributed by atoms with Crippen molar-refractivity contribution in [2.24, 2.45) is 5.10 Å². The highest BCUT2D eigenvalue weighted by Gasteiger charge is 2.16. The number of methoxy groups -OCH3 is 3. The molecule has 2 aromatic carbocycles.